The minimum Gasteiger partial charge on any atom is -0.494 e. The number of carbonyl (C=O) groups is 1. The van der Waals surface area contributed by atoms with Gasteiger partial charge in [0.05, 0.1) is 30.0 Å². The molecule has 0 saturated heterocycles. The first-order valence-electron chi connectivity index (χ1n) is 9.00. The van der Waals surface area contributed by atoms with Crippen LogP contribution in [0.2, 0.25) is 0 Å². The average Bonchev–Trinajstić information content (AvgIpc) is 2.68. The molecule has 0 aliphatic rings. The van der Waals surface area contributed by atoms with Gasteiger partial charge in [0.1, 0.15) is 11.3 Å². The molecule has 0 atom stereocenters. The lowest BCUT2D eigenvalue weighted by molar-refractivity contribution is -0.137. The quantitative estimate of drug-likeness (QED) is 0.544. The number of alkyl halides is 3. The van der Waals surface area contributed by atoms with Crippen LogP contribution in [0.25, 0.3) is 10.9 Å². The predicted molar refractivity (Wildman–Crippen MR) is 104 cm³/mol. The van der Waals surface area contributed by atoms with Crippen molar-refractivity contribution in [3.63, 3.8) is 0 Å². The van der Waals surface area contributed by atoms with E-state index < -0.39 is 17.7 Å². The molecular weight excluding hydrogens is 385 g/mol. The van der Waals surface area contributed by atoms with Crippen LogP contribution in [0, 0.1) is 0 Å². The Morgan fingerprint density at radius 1 is 1.07 bits per heavy atom. The number of hydrogen-bond acceptors (Lipinski definition) is 5. The fourth-order valence-corrected chi connectivity index (χ4v) is 2.81. The summed E-state index contributed by atoms with van der Waals surface area (Å²) in [6, 6.07) is 9.77. The van der Waals surface area contributed by atoms with Gasteiger partial charge in [-0.15, -0.1) is 0 Å². The summed E-state index contributed by atoms with van der Waals surface area (Å²) in [5.41, 5.74) is 0.781. The number of hydrogen-bond donors (Lipinski definition) is 1. The molecule has 5 nitrogen and oxygen atoms in total. The summed E-state index contributed by atoms with van der Waals surface area (Å²) in [5, 5.41) is 3.62. The van der Waals surface area contributed by atoms with Crippen molar-refractivity contribution in [2.45, 2.75) is 20.0 Å². The molecule has 8 heteroatoms. The molecule has 1 N–H and O–H groups in total. The summed E-state index contributed by atoms with van der Waals surface area (Å²) in [7, 11) is 0. The summed E-state index contributed by atoms with van der Waals surface area (Å²) in [6.45, 7) is 4.16. The SMILES string of the molecule is CCOC(=O)c1cnc2ccc(OCC)cc2c1Nc1ccc(C(F)(F)F)cc1. The number of halogens is 3. The molecule has 0 radical (unpaired) electrons. The topological polar surface area (TPSA) is 60.5 Å². The standard InChI is InChI=1S/C21H19F3N2O3/c1-3-28-15-9-10-18-16(11-15)19(17(12-25-18)20(27)29-4-2)26-14-7-5-13(6-8-14)21(22,23)24/h5-12H,3-4H2,1-2H3,(H,25,26). The van der Waals surface area contributed by atoms with Gasteiger partial charge < -0.3 is 14.8 Å². The number of pyridine rings is 1. The van der Waals surface area contributed by atoms with Crippen molar-refractivity contribution in [1.29, 1.82) is 0 Å². The van der Waals surface area contributed by atoms with Gasteiger partial charge in [-0.3, -0.25) is 4.98 Å². The predicted octanol–water partition coefficient (Wildman–Crippen LogP) is 5.57. The van der Waals surface area contributed by atoms with Crippen LogP contribution in [0.3, 0.4) is 0 Å². The summed E-state index contributed by atoms with van der Waals surface area (Å²) in [6.07, 6.45) is -3.04. The maximum Gasteiger partial charge on any atom is 0.416 e. The van der Waals surface area contributed by atoms with Gasteiger partial charge in [0.15, 0.2) is 0 Å². The number of aromatic nitrogens is 1. The lowest BCUT2D eigenvalue weighted by Crippen LogP contribution is -2.10. The molecule has 152 valence electrons. The maximum atomic E-state index is 12.8. The van der Waals surface area contributed by atoms with Gasteiger partial charge in [0, 0.05) is 17.3 Å². The van der Waals surface area contributed by atoms with Crippen LogP contribution in [0.1, 0.15) is 29.8 Å². The van der Waals surface area contributed by atoms with Crippen molar-refractivity contribution in [1.82, 2.24) is 4.98 Å². The van der Waals surface area contributed by atoms with Gasteiger partial charge in [-0.1, -0.05) is 0 Å². The highest BCUT2D eigenvalue weighted by molar-refractivity contribution is 6.06. The number of esters is 1. The summed E-state index contributed by atoms with van der Waals surface area (Å²) in [4.78, 5) is 16.7. The van der Waals surface area contributed by atoms with Crippen LogP contribution in [-0.2, 0) is 10.9 Å². The van der Waals surface area contributed by atoms with E-state index in [1.54, 1.807) is 25.1 Å². The third kappa shape index (κ3) is 4.59. The monoisotopic (exact) mass is 404 g/mol. The van der Waals surface area contributed by atoms with Crippen LogP contribution in [0.15, 0.2) is 48.7 Å². The zero-order valence-corrected chi connectivity index (χ0v) is 15.8. The van der Waals surface area contributed by atoms with Gasteiger partial charge in [0.25, 0.3) is 0 Å². The summed E-state index contributed by atoms with van der Waals surface area (Å²) >= 11 is 0. The summed E-state index contributed by atoms with van der Waals surface area (Å²) < 4.78 is 49.1. The molecule has 3 aromatic rings. The molecule has 2 aromatic carbocycles. The van der Waals surface area contributed by atoms with Crippen molar-refractivity contribution in [3.8, 4) is 5.75 Å². The van der Waals surface area contributed by atoms with Crippen molar-refractivity contribution in [3.05, 3.63) is 59.8 Å². The average molecular weight is 404 g/mol. The van der Waals surface area contributed by atoms with E-state index in [2.05, 4.69) is 10.3 Å². The molecule has 0 amide bonds. The Morgan fingerprint density at radius 2 is 1.79 bits per heavy atom. The lowest BCUT2D eigenvalue weighted by Gasteiger charge is -2.15. The highest BCUT2D eigenvalue weighted by Crippen LogP contribution is 2.34. The molecular formula is C21H19F3N2O3. The van der Waals surface area contributed by atoms with Crippen LogP contribution in [0.4, 0.5) is 24.5 Å². The zero-order chi connectivity index (χ0) is 21.0. The van der Waals surface area contributed by atoms with Gasteiger partial charge in [-0.05, 0) is 56.3 Å². The van der Waals surface area contributed by atoms with E-state index in [0.29, 0.717) is 34.6 Å². The van der Waals surface area contributed by atoms with Gasteiger partial charge in [0.2, 0.25) is 0 Å². The zero-order valence-electron chi connectivity index (χ0n) is 15.8. The lowest BCUT2D eigenvalue weighted by atomic mass is 10.1. The molecule has 1 aromatic heterocycles. The van der Waals surface area contributed by atoms with Crippen LogP contribution in [0.5, 0.6) is 5.75 Å². The Labute approximate surface area is 165 Å². The molecule has 0 saturated carbocycles. The van der Waals surface area contributed by atoms with Crippen molar-refractivity contribution >= 4 is 28.2 Å². The molecule has 0 spiro atoms. The van der Waals surface area contributed by atoms with E-state index in [0.717, 1.165) is 12.1 Å². The number of rotatable bonds is 6. The molecule has 0 bridgehead atoms. The Hall–Kier alpha value is -3.29. The fourth-order valence-electron chi connectivity index (χ4n) is 2.81. The van der Waals surface area contributed by atoms with Gasteiger partial charge in [-0.2, -0.15) is 13.2 Å². The van der Waals surface area contributed by atoms with Crippen LogP contribution < -0.4 is 10.1 Å². The largest absolute Gasteiger partial charge is 0.494 e. The third-order valence-corrected chi connectivity index (χ3v) is 4.13. The van der Waals surface area contributed by atoms with E-state index in [1.807, 2.05) is 6.92 Å². The first kappa shape index (κ1) is 20.4. The molecule has 0 fully saturated rings. The van der Waals surface area contributed by atoms with Gasteiger partial charge in [-0.25, -0.2) is 4.79 Å². The molecule has 0 unspecified atom stereocenters. The molecule has 0 aliphatic heterocycles. The molecule has 0 aliphatic carbocycles. The van der Waals surface area contributed by atoms with E-state index >= 15 is 0 Å². The Morgan fingerprint density at radius 3 is 2.41 bits per heavy atom. The highest BCUT2D eigenvalue weighted by Gasteiger charge is 2.30. The molecule has 1 heterocycles. The van der Waals surface area contributed by atoms with Gasteiger partial charge >= 0.3 is 12.1 Å². The second-order valence-corrected chi connectivity index (χ2v) is 6.08. The number of nitrogens with one attached hydrogen (secondary N) is 1. The number of benzene rings is 2. The van der Waals surface area contributed by atoms with E-state index in [1.165, 1.54) is 18.3 Å². The minimum atomic E-state index is -4.43. The van der Waals surface area contributed by atoms with E-state index in [4.69, 9.17) is 9.47 Å². The normalized spacial score (nSPS) is 11.3. The van der Waals surface area contributed by atoms with Crippen molar-refractivity contribution in [2.24, 2.45) is 0 Å². The van der Waals surface area contributed by atoms with Crippen LogP contribution >= 0.6 is 0 Å². The minimum absolute atomic E-state index is 0.174. The Bertz CT molecular complexity index is 1020. The second-order valence-electron chi connectivity index (χ2n) is 6.08. The van der Waals surface area contributed by atoms with Crippen LogP contribution in [-0.4, -0.2) is 24.2 Å². The maximum absolute atomic E-state index is 12.8. The fraction of sp³-hybridized carbons (Fsp3) is 0.238. The molecule has 3 rings (SSSR count). The number of nitrogens with zero attached hydrogens (tertiary/aromatic N) is 1. The summed E-state index contributed by atoms with van der Waals surface area (Å²) in [5.74, 6) is -0.00333. The highest BCUT2D eigenvalue weighted by atomic mass is 19.4. The number of fused-ring (bicyclic) bond motifs is 1. The van der Waals surface area contributed by atoms with E-state index in [-0.39, 0.29) is 12.2 Å². The van der Waals surface area contributed by atoms with Crippen molar-refractivity contribution < 1.29 is 27.4 Å². The molecule has 29 heavy (non-hydrogen) atoms. The van der Waals surface area contributed by atoms with E-state index in [9.17, 15) is 18.0 Å². The Kier molecular flexibility index (Phi) is 5.91. The first-order chi connectivity index (χ1) is 13.8. The second kappa shape index (κ2) is 8.38. The smallest absolute Gasteiger partial charge is 0.416 e. The number of ether oxygens (including phenoxy) is 2. The number of carbonyl (C=O) groups excluding carboxylic acids is 1. The number of anilines is 2. The van der Waals surface area contributed by atoms with Crippen molar-refractivity contribution in [2.75, 3.05) is 18.5 Å². The Balaban J connectivity index is 2.09. The third-order valence-electron chi connectivity index (χ3n) is 4.13. The first-order valence-corrected chi connectivity index (χ1v) is 9.00.